The van der Waals surface area contributed by atoms with Crippen LogP contribution in [0.5, 0.6) is 0 Å². The van der Waals surface area contributed by atoms with Gasteiger partial charge in [-0.2, -0.15) is 5.10 Å². The summed E-state index contributed by atoms with van der Waals surface area (Å²) >= 11 is 0. The van der Waals surface area contributed by atoms with Crippen molar-refractivity contribution in [2.45, 2.75) is 33.2 Å². The molecule has 7 heteroatoms. The average molecular weight is 435 g/mol. The molecule has 1 saturated heterocycles. The van der Waals surface area contributed by atoms with Crippen LogP contribution < -0.4 is 9.91 Å². The summed E-state index contributed by atoms with van der Waals surface area (Å²) in [6.45, 7) is 7.70. The predicted molar refractivity (Wildman–Crippen MR) is 126 cm³/mol. The number of hydrogen-bond acceptors (Lipinski definition) is 5. The normalized spacial score (nSPS) is 16.7. The summed E-state index contributed by atoms with van der Waals surface area (Å²) < 4.78 is 5.41. The van der Waals surface area contributed by atoms with E-state index in [0.717, 1.165) is 48.7 Å². The van der Waals surface area contributed by atoms with Gasteiger partial charge in [-0.25, -0.2) is 5.01 Å². The molecule has 32 heavy (non-hydrogen) atoms. The smallest absolute Gasteiger partial charge is 0.270 e. The first kappa shape index (κ1) is 22.0. The van der Waals surface area contributed by atoms with Crippen molar-refractivity contribution >= 4 is 28.9 Å². The van der Waals surface area contributed by atoms with Gasteiger partial charge >= 0.3 is 0 Å². The van der Waals surface area contributed by atoms with Gasteiger partial charge in [-0.05, 0) is 48.7 Å². The second kappa shape index (κ2) is 9.53. The molecule has 0 atom stereocenters. The van der Waals surface area contributed by atoms with Crippen LogP contribution in [0.4, 0.5) is 11.4 Å². The largest absolute Gasteiger partial charge is 0.378 e. The minimum atomic E-state index is -0.148. The van der Waals surface area contributed by atoms with E-state index in [2.05, 4.69) is 34.3 Å². The van der Waals surface area contributed by atoms with Gasteiger partial charge in [0.05, 0.1) is 18.9 Å². The SMILES string of the molecule is Cc1ccc(C)c(N2N=C(C(=O)N(C)Cc3ccc(N4CCOCC4)cc3)CCC2=O)c1. The highest BCUT2D eigenvalue weighted by Gasteiger charge is 2.28. The van der Waals surface area contributed by atoms with E-state index in [9.17, 15) is 9.59 Å². The van der Waals surface area contributed by atoms with Crippen LogP contribution in [0, 0.1) is 13.8 Å². The fourth-order valence-electron chi connectivity index (χ4n) is 4.04. The minimum Gasteiger partial charge on any atom is -0.378 e. The van der Waals surface area contributed by atoms with Gasteiger partial charge in [0.15, 0.2) is 0 Å². The van der Waals surface area contributed by atoms with E-state index < -0.39 is 0 Å². The van der Waals surface area contributed by atoms with E-state index in [1.54, 1.807) is 11.9 Å². The number of hydrazone groups is 1. The van der Waals surface area contributed by atoms with Gasteiger partial charge in [0.2, 0.25) is 5.91 Å². The van der Waals surface area contributed by atoms with E-state index in [4.69, 9.17) is 4.74 Å². The maximum absolute atomic E-state index is 13.1. The molecule has 168 valence electrons. The standard InChI is InChI=1S/C25H30N4O3/c1-18-4-5-19(2)23(16-18)29-24(30)11-10-22(26-29)25(31)27(3)17-20-6-8-21(9-7-20)28-12-14-32-15-13-28/h4-9,16H,10-15,17H2,1-3H3. The molecule has 7 nitrogen and oxygen atoms in total. The van der Waals surface area contributed by atoms with Crippen molar-refractivity contribution in [1.82, 2.24) is 4.90 Å². The highest BCUT2D eigenvalue weighted by Crippen LogP contribution is 2.26. The van der Waals surface area contributed by atoms with E-state index >= 15 is 0 Å². The van der Waals surface area contributed by atoms with Crippen LogP contribution in [0.3, 0.4) is 0 Å². The molecule has 0 saturated carbocycles. The molecule has 0 bridgehead atoms. The number of ether oxygens (including phenoxy) is 1. The van der Waals surface area contributed by atoms with E-state index in [1.807, 2.05) is 32.0 Å². The van der Waals surface area contributed by atoms with Gasteiger partial charge in [0.1, 0.15) is 5.71 Å². The van der Waals surface area contributed by atoms with Crippen molar-refractivity contribution in [3.63, 3.8) is 0 Å². The molecule has 0 spiro atoms. The molecule has 2 aliphatic rings. The Morgan fingerprint density at radius 3 is 2.50 bits per heavy atom. The lowest BCUT2D eigenvalue weighted by molar-refractivity contribution is -0.123. The van der Waals surface area contributed by atoms with Crippen LogP contribution in [-0.4, -0.2) is 55.8 Å². The summed E-state index contributed by atoms with van der Waals surface area (Å²) in [5.41, 5.74) is 5.38. The van der Waals surface area contributed by atoms with Crippen molar-refractivity contribution in [3.8, 4) is 0 Å². The van der Waals surface area contributed by atoms with Crippen molar-refractivity contribution in [2.75, 3.05) is 43.3 Å². The molecule has 0 radical (unpaired) electrons. The third kappa shape index (κ3) is 4.83. The number of carbonyl (C=O) groups is 2. The topological polar surface area (TPSA) is 65.5 Å². The monoisotopic (exact) mass is 434 g/mol. The Kier molecular flexibility index (Phi) is 6.55. The third-order valence-corrected chi connectivity index (χ3v) is 5.95. The quantitative estimate of drug-likeness (QED) is 0.725. The van der Waals surface area contributed by atoms with Crippen LogP contribution in [0.15, 0.2) is 47.6 Å². The molecule has 0 aromatic heterocycles. The molecular weight excluding hydrogens is 404 g/mol. The number of carbonyl (C=O) groups excluding carboxylic acids is 2. The summed E-state index contributed by atoms with van der Waals surface area (Å²) in [7, 11) is 1.78. The second-order valence-electron chi connectivity index (χ2n) is 8.47. The molecular formula is C25H30N4O3. The van der Waals surface area contributed by atoms with Crippen LogP contribution in [-0.2, 0) is 20.9 Å². The molecule has 2 aromatic carbocycles. The first-order valence-corrected chi connectivity index (χ1v) is 11.1. The second-order valence-corrected chi connectivity index (χ2v) is 8.47. The zero-order valence-corrected chi connectivity index (χ0v) is 19.0. The number of nitrogens with zero attached hydrogens (tertiary/aromatic N) is 4. The Hall–Kier alpha value is -3.19. The maximum atomic E-state index is 13.1. The third-order valence-electron chi connectivity index (χ3n) is 5.95. The Labute approximate surface area is 189 Å². The van der Waals surface area contributed by atoms with Crippen molar-refractivity contribution in [1.29, 1.82) is 0 Å². The lowest BCUT2D eigenvalue weighted by Gasteiger charge is -2.29. The first-order chi connectivity index (χ1) is 15.4. The number of rotatable bonds is 5. The molecule has 0 unspecified atom stereocenters. The Morgan fingerprint density at radius 1 is 1.06 bits per heavy atom. The van der Waals surface area contributed by atoms with Gasteiger partial charge in [-0.1, -0.05) is 24.3 Å². The number of benzene rings is 2. The van der Waals surface area contributed by atoms with Crippen LogP contribution >= 0.6 is 0 Å². The van der Waals surface area contributed by atoms with Gasteiger partial charge in [-0.3, -0.25) is 9.59 Å². The molecule has 4 rings (SSSR count). The number of anilines is 2. The summed E-state index contributed by atoms with van der Waals surface area (Å²) in [5, 5.41) is 5.86. The minimum absolute atomic E-state index is 0.0865. The van der Waals surface area contributed by atoms with Gasteiger partial charge < -0.3 is 14.5 Å². The Morgan fingerprint density at radius 2 is 1.78 bits per heavy atom. The average Bonchev–Trinajstić information content (AvgIpc) is 2.81. The molecule has 2 heterocycles. The van der Waals surface area contributed by atoms with Gasteiger partial charge in [0.25, 0.3) is 5.91 Å². The van der Waals surface area contributed by atoms with Crippen LogP contribution in [0.25, 0.3) is 0 Å². The molecule has 0 aliphatic carbocycles. The number of aryl methyl sites for hydroxylation is 2. The van der Waals surface area contributed by atoms with Gasteiger partial charge in [0, 0.05) is 45.2 Å². The van der Waals surface area contributed by atoms with E-state index in [1.165, 1.54) is 10.7 Å². The Bertz CT molecular complexity index is 1030. The predicted octanol–water partition coefficient (Wildman–Crippen LogP) is 3.28. The lowest BCUT2D eigenvalue weighted by atomic mass is 10.1. The van der Waals surface area contributed by atoms with E-state index in [0.29, 0.717) is 18.7 Å². The highest BCUT2D eigenvalue weighted by atomic mass is 16.5. The molecule has 0 N–H and O–H groups in total. The van der Waals surface area contributed by atoms with Gasteiger partial charge in [-0.15, -0.1) is 0 Å². The number of hydrogen-bond donors (Lipinski definition) is 0. The summed E-state index contributed by atoms with van der Waals surface area (Å²) in [4.78, 5) is 29.6. The molecule has 1 fully saturated rings. The summed E-state index contributed by atoms with van der Waals surface area (Å²) in [6, 6.07) is 14.2. The fourth-order valence-corrected chi connectivity index (χ4v) is 4.04. The Balaban J connectivity index is 1.46. The van der Waals surface area contributed by atoms with E-state index in [-0.39, 0.29) is 18.2 Å². The zero-order valence-electron chi connectivity index (χ0n) is 19.0. The zero-order chi connectivity index (χ0) is 22.7. The number of amides is 2. The summed E-state index contributed by atoms with van der Waals surface area (Å²) in [6.07, 6.45) is 0.638. The molecule has 2 amide bonds. The van der Waals surface area contributed by atoms with Crippen molar-refractivity contribution in [3.05, 3.63) is 59.2 Å². The van der Waals surface area contributed by atoms with Crippen molar-refractivity contribution in [2.24, 2.45) is 5.10 Å². The van der Waals surface area contributed by atoms with Crippen LogP contribution in [0.1, 0.15) is 29.5 Å². The highest BCUT2D eigenvalue weighted by molar-refractivity contribution is 6.40. The first-order valence-electron chi connectivity index (χ1n) is 11.1. The maximum Gasteiger partial charge on any atom is 0.270 e. The summed E-state index contributed by atoms with van der Waals surface area (Å²) in [5.74, 6) is -0.235. The fraction of sp³-hybridized carbons (Fsp3) is 0.400. The lowest BCUT2D eigenvalue weighted by Crippen LogP contribution is -2.40. The van der Waals surface area contributed by atoms with Crippen molar-refractivity contribution < 1.29 is 14.3 Å². The van der Waals surface area contributed by atoms with Crippen LogP contribution in [0.2, 0.25) is 0 Å². The molecule has 2 aliphatic heterocycles. The number of morpholine rings is 1. The molecule has 2 aromatic rings.